The SMILES string of the molecule is COC(OC)[SiH2]CCCNCCN.N[SiH3]. The van der Waals surface area contributed by atoms with Crippen LogP contribution in [0.1, 0.15) is 6.42 Å². The van der Waals surface area contributed by atoms with Gasteiger partial charge in [-0.05, 0) is 13.0 Å². The maximum absolute atomic E-state index is 5.34. The van der Waals surface area contributed by atoms with Crippen LogP contribution >= 0.6 is 0 Å². The Balaban J connectivity index is 0. The fraction of sp³-hybridized carbons (Fsp3) is 1.00. The molecule has 0 saturated heterocycles. The first-order valence-electron chi connectivity index (χ1n) is 5.39. The fourth-order valence-corrected chi connectivity index (χ4v) is 2.46. The summed E-state index contributed by atoms with van der Waals surface area (Å²) in [5.74, 6) is 0.0921. The number of methoxy groups -OCH3 is 2. The Kier molecular flexibility index (Phi) is 19.6. The Hall–Kier alpha value is 0.234. The highest BCUT2D eigenvalue weighted by Crippen LogP contribution is 1.94. The molecular weight excluding hydrogens is 226 g/mol. The standard InChI is InChI=1S/C8H22N2O2Si.H5NSi/c1-11-8(12-2)13-7-3-5-10-6-4-9;1-2/h8,10H,3-7,9,13H2,1-2H3;1H2,2H3. The Morgan fingerprint density at radius 1 is 1.27 bits per heavy atom. The third kappa shape index (κ3) is 14.2. The Labute approximate surface area is 98.6 Å². The summed E-state index contributed by atoms with van der Waals surface area (Å²) in [6.45, 7) is 2.69. The molecule has 0 rings (SSSR count). The van der Waals surface area contributed by atoms with Crippen LogP contribution in [0.2, 0.25) is 6.04 Å². The van der Waals surface area contributed by atoms with Crippen molar-refractivity contribution < 1.29 is 9.47 Å². The highest BCUT2D eigenvalue weighted by atomic mass is 28.2. The number of rotatable bonds is 9. The van der Waals surface area contributed by atoms with Crippen LogP contribution in [0.25, 0.3) is 0 Å². The van der Waals surface area contributed by atoms with Crippen molar-refractivity contribution in [2.24, 2.45) is 11.1 Å². The molecule has 0 saturated carbocycles. The van der Waals surface area contributed by atoms with Crippen molar-refractivity contribution in [2.45, 2.75) is 18.4 Å². The topological polar surface area (TPSA) is 82.5 Å². The first-order chi connectivity index (χ1) is 7.35. The van der Waals surface area contributed by atoms with Gasteiger partial charge in [-0.25, -0.2) is 0 Å². The van der Waals surface area contributed by atoms with Crippen molar-refractivity contribution in [2.75, 3.05) is 33.9 Å². The highest BCUT2D eigenvalue weighted by Gasteiger charge is 2.03. The lowest BCUT2D eigenvalue weighted by molar-refractivity contribution is -0.0441. The zero-order valence-electron chi connectivity index (χ0n) is 10.3. The minimum atomic E-state index is -0.225. The lowest BCUT2D eigenvalue weighted by Crippen LogP contribution is -2.25. The summed E-state index contributed by atoms with van der Waals surface area (Å²) in [7, 11) is 3.99. The van der Waals surface area contributed by atoms with Crippen LogP contribution in [0.15, 0.2) is 0 Å². The van der Waals surface area contributed by atoms with Gasteiger partial charge in [0.15, 0.2) is 0 Å². The molecule has 7 heteroatoms. The number of hydrogen-bond acceptors (Lipinski definition) is 5. The van der Waals surface area contributed by atoms with E-state index in [1.807, 2.05) is 0 Å². The average molecular weight is 253 g/mol. The Morgan fingerprint density at radius 3 is 2.33 bits per heavy atom. The number of nitrogens with one attached hydrogen (secondary N) is 1. The number of hydrogen-bond donors (Lipinski definition) is 3. The third-order valence-electron chi connectivity index (χ3n) is 1.89. The van der Waals surface area contributed by atoms with Crippen molar-refractivity contribution in [1.29, 1.82) is 0 Å². The van der Waals surface area contributed by atoms with Crippen LogP contribution in [0.3, 0.4) is 0 Å². The first kappa shape index (κ1) is 17.6. The maximum Gasteiger partial charge on any atom is 0.134 e. The second kappa shape index (κ2) is 16.7. The van der Waals surface area contributed by atoms with Gasteiger partial charge in [0.25, 0.3) is 0 Å². The van der Waals surface area contributed by atoms with Gasteiger partial charge in [-0.2, -0.15) is 0 Å². The van der Waals surface area contributed by atoms with Gasteiger partial charge in [0.1, 0.15) is 5.91 Å². The summed E-state index contributed by atoms with van der Waals surface area (Å²) in [5, 5.41) is 7.90. The van der Waals surface area contributed by atoms with Crippen LogP contribution in [-0.4, -0.2) is 59.7 Å². The van der Waals surface area contributed by atoms with Crippen LogP contribution in [0.4, 0.5) is 0 Å². The fourth-order valence-electron chi connectivity index (χ4n) is 1.12. The predicted octanol–water partition coefficient (Wildman–Crippen LogP) is -2.69. The van der Waals surface area contributed by atoms with Gasteiger partial charge in [0.2, 0.25) is 0 Å². The molecule has 0 aliphatic rings. The third-order valence-corrected chi connectivity index (χ3v) is 3.94. The van der Waals surface area contributed by atoms with E-state index in [0.29, 0.717) is 0 Å². The van der Waals surface area contributed by atoms with Gasteiger partial charge in [0.05, 0.1) is 19.9 Å². The second-order valence-corrected chi connectivity index (χ2v) is 4.89. The minimum absolute atomic E-state index is 0.0921. The van der Waals surface area contributed by atoms with Crippen LogP contribution < -0.4 is 16.4 Å². The van der Waals surface area contributed by atoms with Gasteiger partial charge >= 0.3 is 0 Å². The first-order valence-corrected chi connectivity index (χ1v) is 8.36. The quantitative estimate of drug-likeness (QED) is 0.237. The van der Waals surface area contributed by atoms with Gasteiger partial charge < -0.3 is 25.9 Å². The molecule has 0 amide bonds. The molecule has 94 valence electrons. The molecule has 15 heavy (non-hydrogen) atoms. The lowest BCUT2D eigenvalue weighted by atomic mass is 10.5. The summed E-state index contributed by atoms with van der Waals surface area (Å²) in [5.41, 5.74) is 5.34. The molecule has 0 bridgehead atoms. The molecule has 0 atom stereocenters. The Morgan fingerprint density at radius 2 is 1.87 bits per heavy atom. The molecule has 0 aliphatic heterocycles. The lowest BCUT2D eigenvalue weighted by Gasteiger charge is -2.12. The molecule has 0 aromatic carbocycles. The molecule has 0 aromatic heterocycles. The number of nitrogens with two attached hydrogens (primary N) is 2. The van der Waals surface area contributed by atoms with E-state index in [2.05, 4.69) is 10.7 Å². The van der Waals surface area contributed by atoms with Crippen molar-refractivity contribution in [1.82, 2.24) is 5.32 Å². The molecule has 0 radical (unpaired) electrons. The van der Waals surface area contributed by atoms with E-state index in [0.717, 1.165) is 30.0 Å². The van der Waals surface area contributed by atoms with Gasteiger partial charge in [-0.3, -0.25) is 0 Å². The minimum Gasteiger partial charge on any atom is -0.360 e. The normalized spacial score (nSPS) is 11.0. The van der Waals surface area contributed by atoms with Crippen molar-refractivity contribution in [3.63, 3.8) is 0 Å². The second-order valence-electron chi connectivity index (χ2n) is 2.94. The van der Waals surface area contributed by atoms with Gasteiger partial charge in [-0.1, -0.05) is 6.04 Å². The maximum atomic E-state index is 5.34. The predicted molar refractivity (Wildman–Crippen MR) is 71.8 cm³/mol. The smallest absolute Gasteiger partial charge is 0.134 e. The molecule has 0 heterocycles. The molecule has 5 nitrogen and oxygen atoms in total. The van der Waals surface area contributed by atoms with E-state index in [-0.39, 0.29) is 15.4 Å². The van der Waals surface area contributed by atoms with E-state index < -0.39 is 0 Å². The van der Waals surface area contributed by atoms with Crippen molar-refractivity contribution in [3.05, 3.63) is 0 Å². The largest absolute Gasteiger partial charge is 0.360 e. The van der Waals surface area contributed by atoms with E-state index in [1.165, 1.54) is 12.5 Å². The molecule has 0 aliphatic carbocycles. The van der Waals surface area contributed by atoms with Crippen LogP contribution in [0, 0.1) is 0 Å². The van der Waals surface area contributed by atoms with E-state index in [9.17, 15) is 0 Å². The molecule has 0 aromatic rings. The summed E-state index contributed by atoms with van der Waals surface area (Å²) in [6.07, 6.45) is 1.20. The molecule has 5 N–H and O–H groups in total. The van der Waals surface area contributed by atoms with E-state index in [4.69, 9.17) is 15.2 Å². The van der Waals surface area contributed by atoms with Crippen molar-refractivity contribution >= 4 is 19.9 Å². The monoisotopic (exact) mass is 253 g/mol. The molecule has 0 spiro atoms. The zero-order valence-corrected chi connectivity index (χ0v) is 13.7. The van der Waals surface area contributed by atoms with Crippen LogP contribution in [0.5, 0.6) is 0 Å². The van der Waals surface area contributed by atoms with Gasteiger partial charge in [0, 0.05) is 27.3 Å². The summed E-state index contributed by atoms with van der Waals surface area (Å²) < 4.78 is 10.3. The molecule has 0 fully saturated rings. The van der Waals surface area contributed by atoms with Crippen molar-refractivity contribution in [3.8, 4) is 0 Å². The Bertz CT molecular complexity index is 108. The number of ether oxygens (including phenoxy) is 2. The van der Waals surface area contributed by atoms with Crippen LogP contribution in [-0.2, 0) is 9.47 Å². The zero-order chi connectivity index (χ0) is 11.9. The van der Waals surface area contributed by atoms with E-state index >= 15 is 0 Å². The highest BCUT2D eigenvalue weighted by molar-refractivity contribution is 6.36. The van der Waals surface area contributed by atoms with Gasteiger partial charge in [-0.15, -0.1) is 0 Å². The molecular formula is C8H27N3O2Si2. The average Bonchev–Trinajstić information content (AvgIpc) is 2.31. The van der Waals surface area contributed by atoms with E-state index in [1.54, 1.807) is 14.2 Å². The summed E-state index contributed by atoms with van der Waals surface area (Å²) in [6, 6.07) is 1.25. The summed E-state index contributed by atoms with van der Waals surface area (Å²) in [4.78, 5) is 0. The molecule has 0 unspecified atom stereocenters. The summed E-state index contributed by atoms with van der Waals surface area (Å²) >= 11 is 0.